The van der Waals surface area contributed by atoms with E-state index in [-0.39, 0.29) is 5.82 Å². The number of rotatable bonds is 9. The van der Waals surface area contributed by atoms with Crippen LogP contribution in [0.2, 0.25) is 0 Å². The third kappa shape index (κ3) is 4.99. The summed E-state index contributed by atoms with van der Waals surface area (Å²) in [4.78, 5) is 4.43. The van der Waals surface area contributed by atoms with Gasteiger partial charge in [0.1, 0.15) is 23.2 Å². The molecule has 3 aromatic rings. The Hall–Kier alpha value is -3.32. The Morgan fingerprint density at radius 3 is 2.23 bits per heavy atom. The molecular weight excluding hydrogens is 370 g/mol. The van der Waals surface area contributed by atoms with Crippen LogP contribution in [0, 0.1) is 18.3 Å². The Bertz CT molecular complexity index is 1010. The fourth-order valence-electron chi connectivity index (χ4n) is 3.70. The molecule has 0 amide bonds. The molecule has 3 rings (SSSR count). The molecule has 0 radical (unpaired) electrons. The summed E-state index contributed by atoms with van der Waals surface area (Å²) in [6, 6.07) is 20.2. The van der Waals surface area contributed by atoms with E-state index >= 15 is 0 Å². The van der Waals surface area contributed by atoms with Gasteiger partial charge in [-0.2, -0.15) is 5.26 Å². The van der Waals surface area contributed by atoms with E-state index in [0.717, 1.165) is 46.7 Å². The van der Waals surface area contributed by atoms with Gasteiger partial charge >= 0.3 is 0 Å². The van der Waals surface area contributed by atoms with Gasteiger partial charge in [0.25, 0.3) is 0 Å². The van der Waals surface area contributed by atoms with Gasteiger partial charge in [-0.05, 0) is 36.6 Å². The van der Waals surface area contributed by atoms with Gasteiger partial charge in [-0.15, -0.1) is 0 Å². The van der Waals surface area contributed by atoms with Crippen LogP contribution in [0.4, 0.5) is 5.82 Å². The second-order valence-corrected chi connectivity index (χ2v) is 7.47. The first-order valence-electron chi connectivity index (χ1n) is 10.6. The molecule has 0 atom stereocenters. The molecule has 0 saturated heterocycles. The predicted octanol–water partition coefficient (Wildman–Crippen LogP) is 6.53. The van der Waals surface area contributed by atoms with Gasteiger partial charge in [0.05, 0.1) is 6.61 Å². The van der Waals surface area contributed by atoms with Crippen molar-refractivity contribution in [2.24, 2.45) is 0 Å². The molecule has 4 nitrogen and oxygen atoms in total. The van der Waals surface area contributed by atoms with E-state index in [9.17, 15) is 5.26 Å². The van der Waals surface area contributed by atoms with E-state index in [1.54, 1.807) is 0 Å². The number of benzene rings is 2. The van der Waals surface area contributed by atoms with Gasteiger partial charge in [-0.3, -0.25) is 0 Å². The summed E-state index contributed by atoms with van der Waals surface area (Å²) in [6.07, 6.45) is 6.07. The Morgan fingerprint density at radius 2 is 1.57 bits per heavy atom. The third-order valence-electron chi connectivity index (χ3n) is 5.24. The molecule has 30 heavy (non-hydrogen) atoms. The summed E-state index contributed by atoms with van der Waals surface area (Å²) in [6.45, 7) is 4.87. The summed E-state index contributed by atoms with van der Waals surface area (Å²) in [7, 11) is 0. The Kier molecular flexibility index (Phi) is 7.45. The molecule has 4 heteroatoms. The fraction of sp³-hybridized carbons (Fsp3) is 0.308. The molecule has 0 spiro atoms. The minimum Gasteiger partial charge on any atom is -0.494 e. The highest BCUT2D eigenvalue weighted by molar-refractivity contribution is 5.91. The van der Waals surface area contributed by atoms with E-state index in [2.05, 4.69) is 18.0 Å². The van der Waals surface area contributed by atoms with Crippen LogP contribution >= 0.6 is 0 Å². The number of nitrogen functional groups attached to an aromatic ring is 1. The molecule has 2 aromatic carbocycles. The number of aryl methyl sites for hydroxylation is 1. The normalized spacial score (nSPS) is 10.6. The van der Waals surface area contributed by atoms with Crippen molar-refractivity contribution in [1.29, 1.82) is 5.26 Å². The number of ether oxygens (including phenoxy) is 1. The van der Waals surface area contributed by atoms with Crippen LogP contribution in [0.25, 0.3) is 22.3 Å². The van der Waals surface area contributed by atoms with Crippen molar-refractivity contribution in [3.8, 4) is 34.1 Å². The molecule has 154 valence electrons. The maximum absolute atomic E-state index is 9.79. The largest absolute Gasteiger partial charge is 0.494 e. The Balaban J connectivity index is 1.89. The molecule has 0 aliphatic heterocycles. The number of hydrogen-bond donors (Lipinski definition) is 1. The first-order chi connectivity index (χ1) is 14.7. The van der Waals surface area contributed by atoms with E-state index in [1.807, 2.05) is 61.5 Å². The number of aromatic nitrogens is 1. The SMILES string of the molecule is CCCCCCCOc1ccc(-c2c(C#N)c(N)nc(C)c2-c2ccccc2)cc1. The van der Waals surface area contributed by atoms with Crippen LogP contribution in [0.5, 0.6) is 5.75 Å². The summed E-state index contributed by atoms with van der Waals surface area (Å²) in [5.74, 6) is 1.10. The van der Waals surface area contributed by atoms with Crippen LogP contribution in [-0.2, 0) is 0 Å². The van der Waals surface area contributed by atoms with Crippen LogP contribution in [0.3, 0.4) is 0 Å². The lowest BCUT2D eigenvalue weighted by atomic mass is 9.90. The molecule has 0 aliphatic carbocycles. The summed E-state index contributed by atoms with van der Waals surface area (Å²) in [5, 5.41) is 9.79. The summed E-state index contributed by atoms with van der Waals surface area (Å²) >= 11 is 0. The maximum atomic E-state index is 9.79. The maximum Gasteiger partial charge on any atom is 0.142 e. The van der Waals surface area contributed by atoms with Crippen molar-refractivity contribution in [3.05, 3.63) is 65.9 Å². The van der Waals surface area contributed by atoms with Crippen LogP contribution < -0.4 is 10.5 Å². The molecule has 0 fully saturated rings. The highest BCUT2D eigenvalue weighted by Crippen LogP contribution is 2.39. The van der Waals surface area contributed by atoms with E-state index in [0.29, 0.717) is 5.56 Å². The molecule has 0 bridgehead atoms. The van der Waals surface area contributed by atoms with Crippen molar-refractivity contribution in [3.63, 3.8) is 0 Å². The number of nitriles is 1. The number of unbranched alkanes of at least 4 members (excludes halogenated alkanes) is 4. The number of hydrogen-bond acceptors (Lipinski definition) is 4. The highest BCUT2D eigenvalue weighted by atomic mass is 16.5. The molecule has 0 aliphatic rings. The average molecular weight is 400 g/mol. The quantitative estimate of drug-likeness (QED) is 0.415. The fourth-order valence-corrected chi connectivity index (χ4v) is 3.70. The van der Waals surface area contributed by atoms with Crippen molar-refractivity contribution < 1.29 is 4.74 Å². The van der Waals surface area contributed by atoms with Gasteiger partial charge in [0, 0.05) is 16.8 Å². The minimum absolute atomic E-state index is 0.261. The van der Waals surface area contributed by atoms with Gasteiger partial charge in [-0.1, -0.05) is 75.1 Å². The average Bonchev–Trinajstić information content (AvgIpc) is 2.77. The summed E-state index contributed by atoms with van der Waals surface area (Å²) in [5.41, 5.74) is 11.0. The molecular formula is C26H29N3O. The van der Waals surface area contributed by atoms with Crippen molar-refractivity contribution in [1.82, 2.24) is 4.98 Å². The minimum atomic E-state index is 0.261. The van der Waals surface area contributed by atoms with Crippen molar-refractivity contribution in [2.45, 2.75) is 46.0 Å². The highest BCUT2D eigenvalue weighted by Gasteiger charge is 2.19. The van der Waals surface area contributed by atoms with Gasteiger partial charge in [0.15, 0.2) is 0 Å². The standard InChI is InChI=1S/C26H29N3O/c1-3-4-5-6-10-17-30-22-15-13-21(14-16-22)25-23(18-27)26(28)29-19(2)24(25)20-11-8-7-9-12-20/h7-9,11-16H,3-6,10,17H2,1-2H3,(H2,28,29). The van der Waals surface area contributed by atoms with Crippen molar-refractivity contribution in [2.75, 3.05) is 12.3 Å². The number of pyridine rings is 1. The van der Waals surface area contributed by atoms with Gasteiger partial charge in [0.2, 0.25) is 0 Å². The lowest BCUT2D eigenvalue weighted by Gasteiger charge is -2.16. The third-order valence-corrected chi connectivity index (χ3v) is 5.24. The first kappa shape index (κ1) is 21.4. The number of nitrogens with zero attached hydrogens (tertiary/aromatic N) is 2. The molecule has 1 heterocycles. The van der Waals surface area contributed by atoms with Crippen molar-refractivity contribution >= 4 is 5.82 Å². The topological polar surface area (TPSA) is 71.9 Å². The van der Waals surface area contributed by atoms with Crippen LogP contribution in [0.1, 0.15) is 50.3 Å². The molecule has 0 unspecified atom stereocenters. The van der Waals surface area contributed by atoms with Crippen LogP contribution in [0.15, 0.2) is 54.6 Å². The number of nitrogens with two attached hydrogens (primary N) is 1. The lowest BCUT2D eigenvalue weighted by Crippen LogP contribution is -2.03. The molecule has 0 saturated carbocycles. The predicted molar refractivity (Wildman–Crippen MR) is 123 cm³/mol. The van der Waals surface area contributed by atoms with Gasteiger partial charge < -0.3 is 10.5 Å². The smallest absolute Gasteiger partial charge is 0.142 e. The number of anilines is 1. The molecule has 1 aromatic heterocycles. The zero-order valence-electron chi connectivity index (χ0n) is 17.8. The van der Waals surface area contributed by atoms with Crippen LogP contribution in [-0.4, -0.2) is 11.6 Å². The summed E-state index contributed by atoms with van der Waals surface area (Å²) < 4.78 is 5.89. The van der Waals surface area contributed by atoms with E-state index < -0.39 is 0 Å². The zero-order valence-corrected chi connectivity index (χ0v) is 17.8. The Morgan fingerprint density at radius 1 is 0.900 bits per heavy atom. The first-order valence-corrected chi connectivity index (χ1v) is 10.6. The van der Waals surface area contributed by atoms with Gasteiger partial charge in [-0.25, -0.2) is 4.98 Å². The monoisotopic (exact) mass is 399 g/mol. The second kappa shape index (κ2) is 10.5. The zero-order chi connectivity index (χ0) is 21.3. The van der Waals surface area contributed by atoms with E-state index in [4.69, 9.17) is 10.5 Å². The van der Waals surface area contributed by atoms with E-state index in [1.165, 1.54) is 25.7 Å². The second-order valence-electron chi connectivity index (χ2n) is 7.47. The Labute approximate surface area is 179 Å². The lowest BCUT2D eigenvalue weighted by molar-refractivity contribution is 0.304. The molecule has 2 N–H and O–H groups in total.